The standard InChI is InChI=1S/C26H30F3N7O2/c1-17(37)34-10-8-20(9-11-34)35-12-14-36(15-13-35)23-7-6-21-24(33-23)22(16-30-21)32-25(38)31-19-4-2-18(3-5-19)26(27,28)29/h2-7,16,20,30H,8-15H2,1H3,(H2,31,32,38). The van der Waals surface area contributed by atoms with E-state index in [0.29, 0.717) is 17.2 Å². The van der Waals surface area contributed by atoms with Gasteiger partial charge >= 0.3 is 12.2 Å². The zero-order valence-corrected chi connectivity index (χ0v) is 21.0. The van der Waals surface area contributed by atoms with Gasteiger partial charge in [-0.2, -0.15) is 13.2 Å². The molecule has 0 radical (unpaired) electrons. The third kappa shape index (κ3) is 5.69. The van der Waals surface area contributed by atoms with Crippen molar-refractivity contribution < 1.29 is 22.8 Å². The first-order valence-corrected chi connectivity index (χ1v) is 12.7. The molecule has 0 aliphatic carbocycles. The highest BCUT2D eigenvalue weighted by atomic mass is 19.4. The molecule has 2 aliphatic heterocycles. The number of hydrogen-bond donors (Lipinski definition) is 3. The van der Waals surface area contributed by atoms with Gasteiger partial charge in [0.05, 0.1) is 16.8 Å². The number of aromatic amines is 1. The van der Waals surface area contributed by atoms with Crippen LogP contribution < -0.4 is 15.5 Å². The SMILES string of the molecule is CC(=O)N1CCC(N2CCN(c3ccc4[nH]cc(NC(=O)Nc5ccc(C(F)(F)F)cc5)c4n3)CC2)CC1. The van der Waals surface area contributed by atoms with E-state index in [0.717, 1.165) is 75.6 Å². The van der Waals surface area contributed by atoms with Gasteiger partial charge < -0.3 is 25.4 Å². The third-order valence-corrected chi connectivity index (χ3v) is 7.29. The van der Waals surface area contributed by atoms with Crippen LogP contribution in [-0.4, -0.2) is 77.0 Å². The molecule has 202 valence electrons. The Morgan fingerprint density at radius 2 is 1.63 bits per heavy atom. The Bertz CT molecular complexity index is 1290. The molecule has 0 spiro atoms. The first-order chi connectivity index (χ1) is 18.2. The van der Waals surface area contributed by atoms with Crippen molar-refractivity contribution in [2.24, 2.45) is 0 Å². The second-order valence-corrected chi connectivity index (χ2v) is 9.68. The van der Waals surface area contributed by atoms with Crippen LogP contribution in [0.4, 0.5) is 35.2 Å². The lowest BCUT2D eigenvalue weighted by Gasteiger charge is -2.43. The molecule has 12 heteroatoms. The number of nitrogens with one attached hydrogen (secondary N) is 3. The molecule has 5 rings (SSSR count). The number of pyridine rings is 1. The van der Waals surface area contributed by atoms with Crippen LogP contribution in [0.15, 0.2) is 42.6 Å². The summed E-state index contributed by atoms with van der Waals surface area (Å²) in [6, 6.07) is 8.04. The zero-order chi connectivity index (χ0) is 26.9. The van der Waals surface area contributed by atoms with Gasteiger partial charge in [-0.05, 0) is 49.2 Å². The molecule has 4 heterocycles. The summed E-state index contributed by atoms with van der Waals surface area (Å²) >= 11 is 0. The Kier molecular flexibility index (Phi) is 7.15. The monoisotopic (exact) mass is 529 g/mol. The summed E-state index contributed by atoms with van der Waals surface area (Å²) in [7, 11) is 0. The molecule has 3 N–H and O–H groups in total. The maximum atomic E-state index is 12.8. The number of fused-ring (bicyclic) bond motifs is 1. The first-order valence-electron chi connectivity index (χ1n) is 12.7. The number of piperazine rings is 1. The summed E-state index contributed by atoms with van der Waals surface area (Å²) in [5, 5.41) is 5.28. The van der Waals surface area contributed by atoms with E-state index in [1.807, 2.05) is 17.0 Å². The molecule has 3 amide bonds. The Labute approximate surface area is 218 Å². The molecule has 0 saturated carbocycles. The lowest BCUT2D eigenvalue weighted by atomic mass is 10.0. The minimum absolute atomic E-state index is 0.144. The van der Waals surface area contributed by atoms with Crippen LogP contribution in [0.1, 0.15) is 25.3 Å². The van der Waals surface area contributed by atoms with Crippen molar-refractivity contribution in [2.45, 2.75) is 32.0 Å². The van der Waals surface area contributed by atoms with Crippen molar-refractivity contribution in [3.05, 3.63) is 48.2 Å². The number of hydrogen-bond acceptors (Lipinski definition) is 5. The number of anilines is 3. The fraction of sp³-hybridized carbons (Fsp3) is 0.423. The normalized spacial score (nSPS) is 17.6. The van der Waals surface area contributed by atoms with Gasteiger partial charge in [-0.15, -0.1) is 0 Å². The second kappa shape index (κ2) is 10.5. The number of alkyl halides is 3. The molecule has 1 aromatic carbocycles. The number of aromatic nitrogens is 2. The van der Waals surface area contributed by atoms with E-state index >= 15 is 0 Å². The molecule has 38 heavy (non-hydrogen) atoms. The van der Waals surface area contributed by atoms with Crippen LogP contribution in [0.25, 0.3) is 11.0 Å². The largest absolute Gasteiger partial charge is 0.416 e. The van der Waals surface area contributed by atoms with E-state index in [1.54, 1.807) is 13.1 Å². The Hall–Kier alpha value is -3.80. The minimum atomic E-state index is -4.44. The van der Waals surface area contributed by atoms with E-state index in [4.69, 9.17) is 4.98 Å². The van der Waals surface area contributed by atoms with Gasteiger partial charge in [0, 0.05) is 64.1 Å². The lowest BCUT2D eigenvalue weighted by molar-refractivity contribution is -0.137. The van der Waals surface area contributed by atoms with E-state index in [1.165, 1.54) is 12.1 Å². The summed E-state index contributed by atoms with van der Waals surface area (Å²) in [5.74, 6) is 0.958. The van der Waals surface area contributed by atoms with Crippen molar-refractivity contribution in [3.8, 4) is 0 Å². The lowest BCUT2D eigenvalue weighted by Crippen LogP contribution is -2.53. The topological polar surface area (TPSA) is 96.6 Å². The number of carbonyl (C=O) groups excluding carboxylic acids is 2. The first kappa shape index (κ1) is 25.8. The Morgan fingerprint density at radius 3 is 2.26 bits per heavy atom. The predicted octanol–water partition coefficient (Wildman–Crippen LogP) is 4.36. The maximum absolute atomic E-state index is 12.8. The van der Waals surface area contributed by atoms with Gasteiger partial charge in [0.2, 0.25) is 5.91 Å². The van der Waals surface area contributed by atoms with E-state index in [2.05, 4.69) is 25.4 Å². The molecule has 2 aliphatic rings. The number of nitrogens with zero attached hydrogens (tertiary/aromatic N) is 4. The fourth-order valence-corrected chi connectivity index (χ4v) is 5.15. The number of rotatable bonds is 4. The van der Waals surface area contributed by atoms with E-state index < -0.39 is 17.8 Å². The molecule has 2 saturated heterocycles. The van der Waals surface area contributed by atoms with Crippen LogP contribution in [0.5, 0.6) is 0 Å². The van der Waals surface area contributed by atoms with Crippen molar-refractivity contribution in [2.75, 3.05) is 54.8 Å². The van der Waals surface area contributed by atoms with Crippen molar-refractivity contribution in [1.29, 1.82) is 0 Å². The number of amides is 3. The number of likely N-dealkylation sites (tertiary alicyclic amines) is 1. The van der Waals surface area contributed by atoms with Crippen molar-refractivity contribution in [3.63, 3.8) is 0 Å². The van der Waals surface area contributed by atoms with Crippen molar-refractivity contribution >= 4 is 40.2 Å². The highest BCUT2D eigenvalue weighted by molar-refractivity contribution is 6.05. The average Bonchev–Trinajstić information content (AvgIpc) is 3.30. The Balaban J connectivity index is 1.19. The van der Waals surface area contributed by atoms with Crippen molar-refractivity contribution in [1.82, 2.24) is 19.8 Å². The van der Waals surface area contributed by atoms with Gasteiger partial charge in [-0.3, -0.25) is 9.69 Å². The predicted molar refractivity (Wildman–Crippen MR) is 139 cm³/mol. The van der Waals surface area contributed by atoms with Crippen LogP contribution in [-0.2, 0) is 11.0 Å². The van der Waals surface area contributed by atoms with Gasteiger partial charge in [0.25, 0.3) is 0 Å². The highest BCUT2D eigenvalue weighted by Crippen LogP contribution is 2.30. The van der Waals surface area contributed by atoms with Crippen LogP contribution in [0.3, 0.4) is 0 Å². The number of piperidine rings is 1. The fourth-order valence-electron chi connectivity index (χ4n) is 5.15. The van der Waals surface area contributed by atoms with Gasteiger partial charge in [-0.1, -0.05) is 0 Å². The van der Waals surface area contributed by atoms with Gasteiger partial charge in [0.15, 0.2) is 0 Å². The number of urea groups is 1. The number of benzene rings is 1. The van der Waals surface area contributed by atoms with Gasteiger partial charge in [-0.25, -0.2) is 9.78 Å². The van der Waals surface area contributed by atoms with Gasteiger partial charge in [0.1, 0.15) is 11.3 Å². The Morgan fingerprint density at radius 1 is 0.947 bits per heavy atom. The van der Waals surface area contributed by atoms with Crippen LogP contribution in [0.2, 0.25) is 0 Å². The number of H-pyrrole nitrogens is 1. The molecular weight excluding hydrogens is 499 g/mol. The quantitative estimate of drug-likeness (QED) is 0.467. The second-order valence-electron chi connectivity index (χ2n) is 9.68. The molecular formula is C26H30F3N7O2. The van der Waals surface area contributed by atoms with E-state index in [-0.39, 0.29) is 11.6 Å². The molecule has 3 aromatic rings. The molecule has 9 nitrogen and oxygen atoms in total. The minimum Gasteiger partial charge on any atom is -0.358 e. The van der Waals surface area contributed by atoms with Crippen LogP contribution >= 0.6 is 0 Å². The summed E-state index contributed by atoms with van der Waals surface area (Å²) < 4.78 is 38.3. The van der Waals surface area contributed by atoms with Crippen LogP contribution in [0, 0.1) is 0 Å². The number of halogens is 3. The third-order valence-electron chi connectivity index (χ3n) is 7.29. The molecule has 0 bridgehead atoms. The summed E-state index contributed by atoms with van der Waals surface area (Å²) in [5.41, 5.74) is 1.30. The smallest absolute Gasteiger partial charge is 0.358 e. The zero-order valence-electron chi connectivity index (χ0n) is 21.0. The highest BCUT2D eigenvalue weighted by Gasteiger charge is 2.30. The summed E-state index contributed by atoms with van der Waals surface area (Å²) in [6.07, 6.45) is -0.804. The average molecular weight is 530 g/mol. The number of carbonyl (C=O) groups is 2. The van der Waals surface area contributed by atoms with E-state index in [9.17, 15) is 22.8 Å². The molecule has 0 atom stereocenters. The summed E-state index contributed by atoms with van der Waals surface area (Å²) in [4.78, 5) is 38.6. The molecule has 2 fully saturated rings. The maximum Gasteiger partial charge on any atom is 0.416 e. The molecule has 0 unspecified atom stereocenters. The summed E-state index contributed by atoms with van der Waals surface area (Å²) in [6.45, 7) is 6.74. The molecule has 2 aromatic heterocycles.